The highest BCUT2D eigenvalue weighted by Crippen LogP contribution is 2.28. The molecule has 0 unspecified atom stereocenters. The fourth-order valence-electron chi connectivity index (χ4n) is 3.01. The Morgan fingerprint density at radius 1 is 1.14 bits per heavy atom. The molecule has 2 aromatic carbocycles. The number of sulfonamides is 1. The summed E-state index contributed by atoms with van der Waals surface area (Å²) in [4.78, 5) is 12.7. The summed E-state index contributed by atoms with van der Waals surface area (Å²) in [5.74, 6) is 0.421. The van der Waals surface area contributed by atoms with Gasteiger partial charge in [-0.05, 0) is 69.2 Å². The number of hydrogen-bond acceptors (Lipinski definition) is 4. The van der Waals surface area contributed by atoms with Crippen LogP contribution in [0, 0.1) is 0 Å². The van der Waals surface area contributed by atoms with Crippen molar-refractivity contribution < 1.29 is 17.9 Å². The van der Waals surface area contributed by atoms with Crippen LogP contribution in [0.25, 0.3) is 0 Å². The maximum absolute atomic E-state index is 12.7. The van der Waals surface area contributed by atoms with Crippen molar-refractivity contribution in [2.75, 3.05) is 21.9 Å². The second kappa shape index (κ2) is 8.41. The predicted molar refractivity (Wildman–Crippen MR) is 112 cm³/mol. The molecule has 8 heteroatoms. The van der Waals surface area contributed by atoms with Gasteiger partial charge < -0.3 is 10.1 Å². The van der Waals surface area contributed by atoms with E-state index in [1.165, 1.54) is 10.4 Å². The summed E-state index contributed by atoms with van der Waals surface area (Å²) in [5, 5.41) is 3.04. The van der Waals surface area contributed by atoms with E-state index in [0.717, 1.165) is 6.42 Å². The van der Waals surface area contributed by atoms with E-state index in [9.17, 15) is 13.2 Å². The van der Waals surface area contributed by atoms with Crippen LogP contribution < -0.4 is 14.4 Å². The molecule has 28 heavy (non-hydrogen) atoms. The molecular weight excluding hydrogens is 400 g/mol. The highest BCUT2D eigenvalue weighted by molar-refractivity contribution is 7.92. The van der Waals surface area contributed by atoms with Crippen molar-refractivity contribution in [1.29, 1.82) is 0 Å². The Balaban J connectivity index is 1.80. The summed E-state index contributed by atoms with van der Waals surface area (Å²) in [6.45, 7) is 4.28. The summed E-state index contributed by atoms with van der Waals surface area (Å²) in [6.07, 6.45) is 1.50. The highest BCUT2D eigenvalue weighted by atomic mass is 35.5. The molecule has 1 fully saturated rings. The van der Waals surface area contributed by atoms with Gasteiger partial charge in [0.05, 0.1) is 28.1 Å². The Bertz CT molecular complexity index is 959. The smallest absolute Gasteiger partial charge is 0.257 e. The van der Waals surface area contributed by atoms with Crippen LogP contribution in [-0.2, 0) is 10.0 Å². The molecule has 1 amide bonds. The van der Waals surface area contributed by atoms with E-state index in [4.69, 9.17) is 16.3 Å². The van der Waals surface area contributed by atoms with E-state index in [1.54, 1.807) is 36.4 Å². The minimum Gasteiger partial charge on any atom is -0.491 e. The second-order valence-electron chi connectivity index (χ2n) is 6.90. The van der Waals surface area contributed by atoms with Crippen LogP contribution in [0.15, 0.2) is 42.5 Å². The molecule has 0 radical (unpaired) electrons. The Morgan fingerprint density at radius 2 is 1.86 bits per heavy atom. The molecule has 0 bridgehead atoms. The third-order valence-electron chi connectivity index (χ3n) is 4.32. The summed E-state index contributed by atoms with van der Waals surface area (Å²) in [7, 11) is -3.36. The molecule has 0 atom stereocenters. The van der Waals surface area contributed by atoms with E-state index in [1.807, 2.05) is 13.8 Å². The number of hydrogen-bond donors (Lipinski definition) is 1. The normalized spacial score (nSPS) is 16.1. The molecule has 3 rings (SSSR count). The van der Waals surface area contributed by atoms with Crippen LogP contribution >= 0.6 is 11.6 Å². The third kappa shape index (κ3) is 4.77. The maximum Gasteiger partial charge on any atom is 0.257 e. The SMILES string of the molecule is CC(C)Oc1ccc(NC(=O)c2cc(N3CCCCS3(=O)=O)ccc2Cl)cc1. The van der Waals surface area contributed by atoms with Crippen molar-refractivity contribution >= 4 is 38.9 Å². The van der Waals surface area contributed by atoms with Gasteiger partial charge in [-0.2, -0.15) is 0 Å². The lowest BCUT2D eigenvalue weighted by atomic mass is 10.1. The fraction of sp³-hybridized carbons (Fsp3) is 0.350. The molecule has 2 aromatic rings. The zero-order valence-electron chi connectivity index (χ0n) is 15.8. The summed E-state index contributed by atoms with van der Waals surface area (Å²) < 4.78 is 31.6. The number of halogens is 1. The standard InChI is InChI=1S/C20H23ClN2O4S/c1-14(2)27-17-8-5-15(6-9-17)22-20(24)18-13-16(7-10-19(18)21)23-11-3-4-12-28(23,25)26/h5-10,13-14H,3-4,11-12H2,1-2H3,(H,22,24). The minimum absolute atomic E-state index is 0.0630. The predicted octanol–water partition coefficient (Wildman–Crippen LogP) is 4.31. The molecule has 1 aliphatic heterocycles. The van der Waals surface area contributed by atoms with E-state index >= 15 is 0 Å². The maximum atomic E-state index is 12.7. The van der Waals surface area contributed by atoms with Gasteiger partial charge in [-0.1, -0.05) is 11.6 Å². The van der Waals surface area contributed by atoms with Crippen LogP contribution in [0.2, 0.25) is 5.02 Å². The van der Waals surface area contributed by atoms with Crippen molar-refractivity contribution in [2.24, 2.45) is 0 Å². The largest absolute Gasteiger partial charge is 0.491 e. The number of rotatable bonds is 5. The van der Waals surface area contributed by atoms with Crippen molar-refractivity contribution in [1.82, 2.24) is 0 Å². The van der Waals surface area contributed by atoms with Gasteiger partial charge >= 0.3 is 0 Å². The first-order valence-corrected chi connectivity index (χ1v) is 11.1. The topological polar surface area (TPSA) is 75.7 Å². The van der Waals surface area contributed by atoms with Crippen LogP contribution in [0.5, 0.6) is 5.75 Å². The molecule has 1 saturated heterocycles. The van der Waals surface area contributed by atoms with Crippen LogP contribution in [-0.4, -0.2) is 32.7 Å². The number of ether oxygens (including phenoxy) is 1. The number of carbonyl (C=O) groups excluding carboxylic acids is 1. The highest BCUT2D eigenvalue weighted by Gasteiger charge is 2.27. The lowest BCUT2D eigenvalue weighted by Crippen LogP contribution is -2.38. The number of carbonyl (C=O) groups is 1. The van der Waals surface area contributed by atoms with Gasteiger partial charge in [0.2, 0.25) is 10.0 Å². The van der Waals surface area contributed by atoms with E-state index in [0.29, 0.717) is 30.1 Å². The van der Waals surface area contributed by atoms with Gasteiger partial charge in [0.25, 0.3) is 5.91 Å². The average molecular weight is 423 g/mol. The summed E-state index contributed by atoms with van der Waals surface area (Å²) in [5.41, 5.74) is 1.27. The Labute approximate surface area is 170 Å². The summed E-state index contributed by atoms with van der Waals surface area (Å²) >= 11 is 6.20. The van der Waals surface area contributed by atoms with Gasteiger partial charge in [0.15, 0.2) is 0 Å². The lowest BCUT2D eigenvalue weighted by molar-refractivity contribution is 0.102. The molecule has 1 heterocycles. The van der Waals surface area contributed by atoms with Gasteiger partial charge in [0.1, 0.15) is 5.75 Å². The van der Waals surface area contributed by atoms with E-state index in [2.05, 4.69) is 5.32 Å². The zero-order valence-corrected chi connectivity index (χ0v) is 17.4. The Hall–Kier alpha value is -2.25. The van der Waals surface area contributed by atoms with Gasteiger partial charge in [0, 0.05) is 12.2 Å². The van der Waals surface area contributed by atoms with Crippen LogP contribution in [0.4, 0.5) is 11.4 Å². The quantitative estimate of drug-likeness (QED) is 0.778. The number of benzene rings is 2. The van der Waals surface area contributed by atoms with Crippen molar-refractivity contribution in [2.45, 2.75) is 32.8 Å². The minimum atomic E-state index is -3.36. The number of nitrogens with one attached hydrogen (secondary N) is 1. The average Bonchev–Trinajstić information content (AvgIpc) is 2.63. The molecule has 1 N–H and O–H groups in total. The Kier molecular flexibility index (Phi) is 6.15. The Morgan fingerprint density at radius 3 is 2.50 bits per heavy atom. The van der Waals surface area contributed by atoms with Crippen molar-refractivity contribution in [3.05, 3.63) is 53.1 Å². The molecule has 0 aliphatic carbocycles. The number of anilines is 2. The van der Waals surface area contributed by atoms with Gasteiger partial charge in [-0.3, -0.25) is 9.10 Å². The first-order valence-electron chi connectivity index (χ1n) is 9.14. The number of nitrogens with zero attached hydrogens (tertiary/aromatic N) is 1. The zero-order chi connectivity index (χ0) is 20.3. The van der Waals surface area contributed by atoms with E-state index < -0.39 is 15.9 Å². The molecule has 0 saturated carbocycles. The van der Waals surface area contributed by atoms with Crippen molar-refractivity contribution in [3.63, 3.8) is 0 Å². The lowest BCUT2D eigenvalue weighted by Gasteiger charge is -2.28. The summed E-state index contributed by atoms with van der Waals surface area (Å²) in [6, 6.07) is 11.7. The first-order chi connectivity index (χ1) is 13.3. The van der Waals surface area contributed by atoms with Gasteiger partial charge in [-0.15, -0.1) is 0 Å². The van der Waals surface area contributed by atoms with Crippen LogP contribution in [0.3, 0.4) is 0 Å². The van der Waals surface area contributed by atoms with Crippen molar-refractivity contribution in [3.8, 4) is 5.75 Å². The molecule has 150 valence electrons. The first kappa shape index (κ1) is 20.5. The molecule has 0 aromatic heterocycles. The molecule has 6 nitrogen and oxygen atoms in total. The fourth-order valence-corrected chi connectivity index (χ4v) is 4.84. The number of amides is 1. The van der Waals surface area contributed by atoms with Crippen LogP contribution in [0.1, 0.15) is 37.0 Å². The monoisotopic (exact) mass is 422 g/mol. The van der Waals surface area contributed by atoms with Gasteiger partial charge in [-0.25, -0.2) is 8.42 Å². The van der Waals surface area contributed by atoms with E-state index in [-0.39, 0.29) is 22.4 Å². The molecule has 0 spiro atoms. The third-order valence-corrected chi connectivity index (χ3v) is 6.51. The second-order valence-corrected chi connectivity index (χ2v) is 9.32. The molecular formula is C20H23ClN2O4S. The molecule has 1 aliphatic rings.